The molecule has 3 rings (SSSR count). The van der Waals surface area contributed by atoms with E-state index in [0.29, 0.717) is 18.1 Å². The van der Waals surface area contributed by atoms with E-state index in [0.717, 1.165) is 35.4 Å². The molecule has 24 heavy (non-hydrogen) atoms. The van der Waals surface area contributed by atoms with Crippen molar-refractivity contribution >= 4 is 0 Å². The number of aromatic nitrogens is 2. The second-order valence-corrected chi connectivity index (χ2v) is 5.73. The molecule has 0 spiro atoms. The highest BCUT2D eigenvalue weighted by Crippen LogP contribution is 2.45. The van der Waals surface area contributed by atoms with Gasteiger partial charge in [-0.1, -0.05) is 31.5 Å². The van der Waals surface area contributed by atoms with Gasteiger partial charge in [-0.3, -0.25) is 5.10 Å². The normalized spacial score (nSPS) is 16.3. The summed E-state index contributed by atoms with van der Waals surface area (Å²) in [5.74, 6) is 0.905. The van der Waals surface area contributed by atoms with E-state index < -0.39 is 0 Å². The molecule has 0 amide bonds. The number of nitrogens with one attached hydrogen (secondary N) is 1. The number of hydrogen-bond donors (Lipinski definition) is 2. The number of nitriles is 1. The van der Waals surface area contributed by atoms with E-state index in [-0.39, 0.29) is 11.8 Å². The van der Waals surface area contributed by atoms with Crippen LogP contribution in [0.25, 0.3) is 0 Å². The van der Waals surface area contributed by atoms with Gasteiger partial charge in [0.2, 0.25) is 11.8 Å². The van der Waals surface area contributed by atoms with E-state index in [4.69, 9.17) is 15.2 Å². The largest absolute Gasteiger partial charge is 0.493 e. The fourth-order valence-electron chi connectivity index (χ4n) is 2.89. The monoisotopic (exact) mass is 324 g/mol. The Labute approximate surface area is 140 Å². The maximum absolute atomic E-state index is 9.61. The third-order valence-corrected chi connectivity index (χ3v) is 4.11. The maximum atomic E-state index is 9.61. The van der Waals surface area contributed by atoms with Crippen LogP contribution in [0.3, 0.4) is 0 Å². The van der Waals surface area contributed by atoms with Crippen LogP contribution in [-0.4, -0.2) is 16.8 Å². The molecule has 6 nitrogen and oxygen atoms in total. The highest BCUT2D eigenvalue weighted by atomic mass is 16.5. The number of benzene rings is 1. The van der Waals surface area contributed by atoms with Gasteiger partial charge in [0.15, 0.2) is 0 Å². The fraction of sp³-hybridized carbons (Fsp3) is 0.333. The van der Waals surface area contributed by atoms with Gasteiger partial charge in [-0.05, 0) is 19.4 Å². The van der Waals surface area contributed by atoms with Crippen LogP contribution < -0.4 is 15.2 Å². The number of para-hydroxylation sites is 1. The lowest BCUT2D eigenvalue weighted by molar-refractivity contribution is 0.305. The number of unbranched alkanes of at least 4 members (excludes halogenated alkanes) is 1. The topological polar surface area (TPSA) is 96.9 Å². The summed E-state index contributed by atoms with van der Waals surface area (Å²) in [5, 5.41) is 16.7. The quantitative estimate of drug-likeness (QED) is 0.824. The first-order valence-corrected chi connectivity index (χ1v) is 8.01. The van der Waals surface area contributed by atoms with Crippen molar-refractivity contribution in [2.45, 2.75) is 32.6 Å². The summed E-state index contributed by atoms with van der Waals surface area (Å²) in [5.41, 5.74) is 8.89. The molecule has 124 valence electrons. The first-order valence-electron chi connectivity index (χ1n) is 8.01. The lowest BCUT2D eigenvalue weighted by Gasteiger charge is -2.25. The molecule has 3 N–H and O–H groups in total. The molecule has 0 saturated heterocycles. The Bertz CT molecular complexity index is 817. The van der Waals surface area contributed by atoms with Crippen molar-refractivity contribution in [3.05, 3.63) is 52.5 Å². The maximum Gasteiger partial charge on any atom is 0.244 e. The molecule has 2 aromatic rings. The van der Waals surface area contributed by atoms with Crippen molar-refractivity contribution in [3.8, 4) is 17.7 Å². The average Bonchev–Trinajstić information content (AvgIpc) is 2.95. The van der Waals surface area contributed by atoms with Gasteiger partial charge in [-0.15, -0.1) is 5.10 Å². The summed E-state index contributed by atoms with van der Waals surface area (Å²) in [6, 6.07) is 9.91. The molecule has 6 heteroatoms. The van der Waals surface area contributed by atoms with E-state index in [1.807, 2.05) is 31.2 Å². The Morgan fingerprint density at radius 2 is 2.21 bits per heavy atom. The molecule has 1 aliphatic rings. The third-order valence-electron chi connectivity index (χ3n) is 4.11. The van der Waals surface area contributed by atoms with Gasteiger partial charge >= 0.3 is 0 Å². The Morgan fingerprint density at radius 1 is 1.42 bits per heavy atom. The molecule has 2 heterocycles. The Morgan fingerprint density at radius 3 is 2.96 bits per heavy atom. The third kappa shape index (κ3) is 2.69. The predicted molar refractivity (Wildman–Crippen MR) is 89.5 cm³/mol. The second-order valence-electron chi connectivity index (χ2n) is 5.73. The Hall–Kier alpha value is -2.94. The van der Waals surface area contributed by atoms with Crippen molar-refractivity contribution in [2.75, 3.05) is 6.61 Å². The number of nitrogens with zero attached hydrogens (tertiary/aromatic N) is 2. The minimum absolute atomic E-state index is 0.0878. The highest BCUT2D eigenvalue weighted by Gasteiger charge is 2.35. The minimum Gasteiger partial charge on any atom is -0.493 e. The summed E-state index contributed by atoms with van der Waals surface area (Å²) in [6.45, 7) is 4.65. The zero-order chi connectivity index (χ0) is 17.1. The summed E-state index contributed by atoms with van der Waals surface area (Å²) in [4.78, 5) is 0. The average molecular weight is 324 g/mol. The van der Waals surface area contributed by atoms with E-state index in [1.54, 1.807) is 0 Å². The molecule has 1 atom stereocenters. The van der Waals surface area contributed by atoms with Crippen molar-refractivity contribution in [3.63, 3.8) is 0 Å². The van der Waals surface area contributed by atoms with E-state index >= 15 is 0 Å². The molecule has 0 fully saturated rings. The zero-order valence-electron chi connectivity index (χ0n) is 13.8. The van der Waals surface area contributed by atoms with Crippen LogP contribution in [0, 0.1) is 18.3 Å². The minimum atomic E-state index is -0.352. The Kier molecular flexibility index (Phi) is 4.43. The van der Waals surface area contributed by atoms with Crippen LogP contribution in [0.15, 0.2) is 35.7 Å². The van der Waals surface area contributed by atoms with Crippen LogP contribution in [0.5, 0.6) is 11.6 Å². The summed E-state index contributed by atoms with van der Waals surface area (Å²) >= 11 is 0. The SMILES string of the molecule is CCCCOc1ccccc1[C@H]1C(C#N)=C(N)Oc2n[nH]c(C)c21. The molecular formula is C18H20N4O2. The molecule has 0 radical (unpaired) electrons. The lowest BCUT2D eigenvalue weighted by Crippen LogP contribution is -2.21. The summed E-state index contributed by atoms with van der Waals surface area (Å²) in [7, 11) is 0. The Balaban J connectivity index is 2.10. The molecule has 0 aliphatic carbocycles. The van der Waals surface area contributed by atoms with Gasteiger partial charge in [0.25, 0.3) is 0 Å². The fourth-order valence-corrected chi connectivity index (χ4v) is 2.89. The van der Waals surface area contributed by atoms with Gasteiger partial charge in [0.05, 0.1) is 12.5 Å². The second kappa shape index (κ2) is 6.67. The number of nitrogens with two attached hydrogens (primary N) is 1. The zero-order valence-corrected chi connectivity index (χ0v) is 13.8. The van der Waals surface area contributed by atoms with Crippen molar-refractivity contribution in [1.29, 1.82) is 5.26 Å². The first-order chi connectivity index (χ1) is 11.7. The summed E-state index contributed by atoms with van der Waals surface area (Å²) < 4.78 is 11.4. The lowest BCUT2D eigenvalue weighted by atomic mass is 9.83. The number of aromatic amines is 1. The number of hydrogen-bond acceptors (Lipinski definition) is 5. The molecule has 0 saturated carbocycles. The molecule has 1 aromatic carbocycles. The van der Waals surface area contributed by atoms with Crippen molar-refractivity contribution in [2.24, 2.45) is 5.73 Å². The van der Waals surface area contributed by atoms with Crippen molar-refractivity contribution in [1.82, 2.24) is 10.2 Å². The first kappa shape index (κ1) is 15.9. The van der Waals surface area contributed by atoms with E-state index in [2.05, 4.69) is 23.2 Å². The number of H-pyrrole nitrogens is 1. The van der Waals surface area contributed by atoms with Crippen LogP contribution in [-0.2, 0) is 0 Å². The molecule has 0 unspecified atom stereocenters. The number of fused-ring (bicyclic) bond motifs is 1. The van der Waals surface area contributed by atoms with E-state index in [1.165, 1.54) is 0 Å². The van der Waals surface area contributed by atoms with Gasteiger partial charge in [0.1, 0.15) is 17.4 Å². The van der Waals surface area contributed by atoms with Crippen molar-refractivity contribution < 1.29 is 9.47 Å². The van der Waals surface area contributed by atoms with Crippen LogP contribution in [0.2, 0.25) is 0 Å². The number of aryl methyl sites for hydroxylation is 1. The van der Waals surface area contributed by atoms with Crippen LogP contribution in [0.4, 0.5) is 0 Å². The number of rotatable bonds is 5. The van der Waals surface area contributed by atoms with Gasteiger partial charge < -0.3 is 15.2 Å². The number of ether oxygens (including phenoxy) is 2. The van der Waals surface area contributed by atoms with Gasteiger partial charge in [0, 0.05) is 16.8 Å². The van der Waals surface area contributed by atoms with E-state index in [9.17, 15) is 5.26 Å². The smallest absolute Gasteiger partial charge is 0.244 e. The predicted octanol–water partition coefficient (Wildman–Crippen LogP) is 3.12. The number of allylic oxidation sites excluding steroid dienone is 1. The molecule has 1 aliphatic heterocycles. The standard InChI is InChI=1S/C18H20N4O2/c1-3-4-9-23-14-8-6-5-7-12(14)16-13(10-19)17(20)24-18-15(16)11(2)21-22-18/h5-8,16H,3-4,9,20H2,1-2H3,(H,21,22)/t16-/m0/s1. The summed E-state index contributed by atoms with van der Waals surface area (Å²) in [6.07, 6.45) is 2.03. The van der Waals surface area contributed by atoms with Crippen LogP contribution in [0.1, 0.15) is 42.5 Å². The molecule has 0 bridgehead atoms. The molecule has 1 aromatic heterocycles. The molecular weight excluding hydrogens is 304 g/mol. The van der Waals surface area contributed by atoms with Crippen LogP contribution >= 0.6 is 0 Å². The highest BCUT2D eigenvalue weighted by molar-refractivity contribution is 5.57. The van der Waals surface area contributed by atoms with Gasteiger partial charge in [-0.25, -0.2) is 0 Å². The van der Waals surface area contributed by atoms with Gasteiger partial charge in [-0.2, -0.15) is 5.26 Å².